The summed E-state index contributed by atoms with van der Waals surface area (Å²) in [7, 11) is 1.62. The maximum atomic E-state index is 6.05. The van der Waals surface area contributed by atoms with Gasteiger partial charge in [-0.3, -0.25) is 0 Å². The number of anilines is 1. The van der Waals surface area contributed by atoms with Crippen LogP contribution in [0.4, 0.5) is 5.82 Å². The number of hydrogen-bond donors (Lipinski definition) is 1. The van der Waals surface area contributed by atoms with E-state index >= 15 is 0 Å². The van der Waals surface area contributed by atoms with E-state index < -0.39 is 0 Å². The topological polar surface area (TPSA) is 48.1 Å². The Hall–Kier alpha value is -1.74. The first-order valence-electron chi connectivity index (χ1n) is 4.78. The van der Waals surface area contributed by atoms with E-state index in [1.165, 1.54) is 0 Å². The molecule has 2 rings (SSSR count). The molecule has 4 heteroatoms. The van der Waals surface area contributed by atoms with Crippen molar-refractivity contribution in [3.8, 4) is 16.9 Å². The van der Waals surface area contributed by atoms with E-state index in [1.54, 1.807) is 13.2 Å². The first-order chi connectivity index (χ1) is 7.72. The number of aromatic nitrogens is 1. The van der Waals surface area contributed by atoms with Gasteiger partial charge >= 0.3 is 0 Å². The average Bonchev–Trinajstić information content (AvgIpc) is 2.29. The van der Waals surface area contributed by atoms with Crippen molar-refractivity contribution in [1.29, 1.82) is 0 Å². The predicted molar refractivity (Wildman–Crippen MR) is 65.6 cm³/mol. The molecule has 2 aromatic rings. The van der Waals surface area contributed by atoms with Crippen molar-refractivity contribution >= 4 is 17.4 Å². The highest BCUT2D eigenvalue weighted by molar-refractivity contribution is 6.32. The van der Waals surface area contributed by atoms with Gasteiger partial charge in [-0.25, -0.2) is 4.98 Å². The van der Waals surface area contributed by atoms with Crippen LogP contribution in [0.1, 0.15) is 0 Å². The summed E-state index contributed by atoms with van der Waals surface area (Å²) in [6, 6.07) is 11.2. The Kier molecular flexibility index (Phi) is 2.97. The zero-order valence-electron chi connectivity index (χ0n) is 8.77. The summed E-state index contributed by atoms with van der Waals surface area (Å²) in [6.07, 6.45) is 0. The second-order valence-electron chi connectivity index (χ2n) is 3.27. The number of nitrogens with zero attached hydrogens (tertiary/aromatic N) is 1. The standard InChI is InChI=1S/C12H11ClN2O/c1-16-10-5-3-2-4-8(10)9-6-7-11(14)15-12(9)13/h2-7H,1H3,(H2,14,15). The van der Waals surface area contributed by atoms with Crippen LogP contribution in [0.5, 0.6) is 5.75 Å². The molecule has 2 N–H and O–H groups in total. The van der Waals surface area contributed by atoms with Crippen LogP contribution >= 0.6 is 11.6 Å². The Bertz CT molecular complexity index is 514. The van der Waals surface area contributed by atoms with E-state index in [0.717, 1.165) is 16.9 Å². The van der Waals surface area contributed by atoms with Gasteiger partial charge in [0.25, 0.3) is 0 Å². The average molecular weight is 235 g/mol. The molecule has 0 saturated carbocycles. The van der Waals surface area contributed by atoms with Crippen LogP contribution < -0.4 is 10.5 Å². The number of pyridine rings is 1. The number of ether oxygens (including phenoxy) is 1. The van der Waals surface area contributed by atoms with Crippen molar-refractivity contribution in [3.05, 3.63) is 41.6 Å². The fraction of sp³-hybridized carbons (Fsp3) is 0.0833. The maximum Gasteiger partial charge on any atom is 0.139 e. The molecular weight excluding hydrogens is 224 g/mol. The second-order valence-corrected chi connectivity index (χ2v) is 3.63. The van der Waals surface area contributed by atoms with E-state index in [9.17, 15) is 0 Å². The minimum absolute atomic E-state index is 0.379. The Morgan fingerprint density at radius 3 is 2.56 bits per heavy atom. The zero-order valence-corrected chi connectivity index (χ0v) is 9.53. The molecule has 0 aliphatic carbocycles. The number of halogens is 1. The number of benzene rings is 1. The molecule has 0 atom stereocenters. The number of para-hydroxylation sites is 1. The van der Waals surface area contributed by atoms with Crippen LogP contribution in [-0.2, 0) is 0 Å². The third-order valence-electron chi connectivity index (χ3n) is 2.27. The molecule has 1 aromatic heterocycles. The van der Waals surface area contributed by atoms with Gasteiger partial charge in [-0.2, -0.15) is 0 Å². The van der Waals surface area contributed by atoms with Crippen LogP contribution in [0.25, 0.3) is 11.1 Å². The largest absolute Gasteiger partial charge is 0.496 e. The summed E-state index contributed by atoms with van der Waals surface area (Å²) in [5, 5.41) is 0.379. The molecule has 16 heavy (non-hydrogen) atoms. The fourth-order valence-corrected chi connectivity index (χ4v) is 1.78. The zero-order chi connectivity index (χ0) is 11.5. The second kappa shape index (κ2) is 4.41. The van der Waals surface area contributed by atoms with Gasteiger partial charge in [-0.1, -0.05) is 29.8 Å². The van der Waals surface area contributed by atoms with Crippen molar-refractivity contribution in [2.24, 2.45) is 0 Å². The number of rotatable bonds is 2. The molecule has 0 amide bonds. The molecule has 0 saturated heterocycles. The van der Waals surface area contributed by atoms with Crippen molar-refractivity contribution in [1.82, 2.24) is 4.98 Å². The lowest BCUT2D eigenvalue weighted by atomic mass is 10.1. The van der Waals surface area contributed by atoms with Crippen molar-refractivity contribution in [2.45, 2.75) is 0 Å². The summed E-state index contributed by atoms with van der Waals surface area (Å²) in [4.78, 5) is 4.01. The summed E-state index contributed by atoms with van der Waals surface area (Å²) < 4.78 is 5.27. The number of methoxy groups -OCH3 is 1. The van der Waals surface area contributed by atoms with E-state index in [1.807, 2.05) is 30.3 Å². The van der Waals surface area contributed by atoms with Gasteiger partial charge in [0.05, 0.1) is 7.11 Å². The van der Waals surface area contributed by atoms with Gasteiger partial charge in [-0.05, 0) is 18.2 Å². The Morgan fingerprint density at radius 2 is 1.88 bits per heavy atom. The van der Waals surface area contributed by atoms with Gasteiger partial charge in [-0.15, -0.1) is 0 Å². The van der Waals surface area contributed by atoms with Crippen LogP contribution in [0.3, 0.4) is 0 Å². The molecule has 82 valence electrons. The lowest BCUT2D eigenvalue weighted by Crippen LogP contribution is -1.93. The summed E-state index contributed by atoms with van der Waals surface area (Å²) in [6.45, 7) is 0. The van der Waals surface area contributed by atoms with Crippen molar-refractivity contribution in [2.75, 3.05) is 12.8 Å². The van der Waals surface area contributed by atoms with Gasteiger partial charge in [0.2, 0.25) is 0 Å². The minimum Gasteiger partial charge on any atom is -0.496 e. The van der Waals surface area contributed by atoms with Gasteiger partial charge < -0.3 is 10.5 Å². The normalized spacial score (nSPS) is 10.1. The van der Waals surface area contributed by atoms with Gasteiger partial charge in [0.15, 0.2) is 0 Å². The van der Waals surface area contributed by atoms with Crippen LogP contribution in [0.15, 0.2) is 36.4 Å². The molecule has 0 aliphatic heterocycles. The predicted octanol–water partition coefficient (Wildman–Crippen LogP) is 2.99. The molecule has 1 heterocycles. The molecule has 0 bridgehead atoms. The Balaban J connectivity index is 2.58. The van der Waals surface area contributed by atoms with Crippen molar-refractivity contribution < 1.29 is 4.74 Å². The van der Waals surface area contributed by atoms with E-state index in [2.05, 4.69) is 4.98 Å². The Labute approximate surface area is 98.8 Å². The number of nitrogen functional groups attached to an aromatic ring is 1. The highest BCUT2D eigenvalue weighted by Gasteiger charge is 2.09. The fourth-order valence-electron chi connectivity index (χ4n) is 1.52. The lowest BCUT2D eigenvalue weighted by molar-refractivity contribution is 0.416. The molecule has 1 aromatic carbocycles. The summed E-state index contributed by atoms with van der Waals surface area (Å²) in [5.74, 6) is 1.17. The summed E-state index contributed by atoms with van der Waals surface area (Å²) >= 11 is 6.05. The van der Waals surface area contributed by atoms with Crippen LogP contribution in [-0.4, -0.2) is 12.1 Å². The molecular formula is C12H11ClN2O. The van der Waals surface area contributed by atoms with Crippen LogP contribution in [0.2, 0.25) is 5.15 Å². The SMILES string of the molecule is COc1ccccc1-c1ccc(N)nc1Cl. The van der Waals surface area contributed by atoms with E-state index in [0.29, 0.717) is 11.0 Å². The van der Waals surface area contributed by atoms with E-state index in [4.69, 9.17) is 22.1 Å². The van der Waals surface area contributed by atoms with Gasteiger partial charge in [0, 0.05) is 11.1 Å². The quantitative estimate of drug-likeness (QED) is 0.813. The molecule has 0 aliphatic rings. The molecule has 0 unspecified atom stereocenters. The molecule has 0 spiro atoms. The first-order valence-corrected chi connectivity index (χ1v) is 5.15. The first kappa shape index (κ1) is 10.8. The maximum absolute atomic E-state index is 6.05. The Morgan fingerprint density at radius 1 is 1.12 bits per heavy atom. The summed E-state index contributed by atoms with van der Waals surface area (Å²) in [5.41, 5.74) is 7.27. The van der Waals surface area contributed by atoms with Crippen molar-refractivity contribution in [3.63, 3.8) is 0 Å². The van der Waals surface area contributed by atoms with E-state index in [-0.39, 0.29) is 0 Å². The molecule has 0 fully saturated rings. The number of nitrogens with two attached hydrogens (primary N) is 1. The van der Waals surface area contributed by atoms with Crippen LogP contribution in [0, 0.1) is 0 Å². The smallest absolute Gasteiger partial charge is 0.139 e. The minimum atomic E-state index is 0.379. The molecule has 3 nitrogen and oxygen atoms in total. The third kappa shape index (κ3) is 1.95. The molecule has 0 radical (unpaired) electrons. The lowest BCUT2D eigenvalue weighted by Gasteiger charge is -2.09. The number of hydrogen-bond acceptors (Lipinski definition) is 3. The highest BCUT2D eigenvalue weighted by atomic mass is 35.5. The monoisotopic (exact) mass is 234 g/mol. The third-order valence-corrected chi connectivity index (χ3v) is 2.56. The van der Waals surface area contributed by atoms with Gasteiger partial charge in [0.1, 0.15) is 16.7 Å². The highest BCUT2D eigenvalue weighted by Crippen LogP contribution is 2.33.